The van der Waals surface area contributed by atoms with Crippen LogP contribution in [0, 0.1) is 5.82 Å². The first-order chi connectivity index (χ1) is 14.2. The van der Waals surface area contributed by atoms with Crippen LogP contribution in [-0.4, -0.2) is 29.1 Å². The van der Waals surface area contributed by atoms with E-state index in [0.717, 1.165) is 18.2 Å². The number of ether oxygens (including phenoxy) is 2. The Morgan fingerprint density at radius 2 is 1.80 bits per heavy atom. The largest absolute Gasteiger partial charge is 0.467 e. The van der Waals surface area contributed by atoms with Crippen LogP contribution in [0.5, 0.6) is 11.6 Å². The van der Waals surface area contributed by atoms with Crippen LogP contribution in [0.3, 0.4) is 0 Å². The van der Waals surface area contributed by atoms with Gasteiger partial charge in [0.05, 0.1) is 16.4 Å². The molecule has 0 bridgehead atoms. The van der Waals surface area contributed by atoms with Gasteiger partial charge in [0.1, 0.15) is 11.6 Å². The van der Waals surface area contributed by atoms with Gasteiger partial charge in [-0.2, -0.15) is 13.2 Å². The summed E-state index contributed by atoms with van der Waals surface area (Å²) in [5.41, 5.74) is -0.0227. The van der Waals surface area contributed by atoms with Crippen LogP contribution in [0.25, 0.3) is 11.3 Å². The molecule has 11 heteroatoms. The number of carbonyl (C=O) groups excluding carboxylic acids is 1. The lowest BCUT2D eigenvalue weighted by atomic mass is 10.1. The van der Waals surface area contributed by atoms with E-state index in [2.05, 4.69) is 20.3 Å². The smallest absolute Gasteiger partial charge is 0.422 e. The van der Waals surface area contributed by atoms with Gasteiger partial charge in [-0.3, -0.25) is 5.32 Å². The second kappa shape index (κ2) is 8.95. The van der Waals surface area contributed by atoms with Crippen LogP contribution >= 0.6 is 11.6 Å². The van der Waals surface area contributed by atoms with Crippen molar-refractivity contribution < 1.29 is 31.8 Å². The zero-order valence-corrected chi connectivity index (χ0v) is 15.7. The summed E-state index contributed by atoms with van der Waals surface area (Å²) in [6.45, 7) is -1.52. The van der Waals surface area contributed by atoms with Crippen molar-refractivity contribution in [1.29, 1.82) is 0 Å². The van der Waals surface area contributed by atoms with Crippen LogP contribution < -0.4 is 14.8 Å². The molecule has 2 aromatic carbocycles. The van der Waals surface area contributed by atoms with E-state index >= 15 is 0 Å². The van der Waals surface area contributed by atoms with E-state index in [1.807, 2.05) is 0 Å². The predicted octanol–water partition coefficient (Wildman–Crippen LogP) is 5.49. The lowest BCUT2D eigenvalue weighted by Crippen LogP contribution is -2.19. The normalized spacial score (nSPS) is 11.1. The Hall–Kier alpha value is -3.40. The molecule has 0 saturated heterocycles. The van der Waals surface area contributed by atoms with Gasteiger partial charge < -0.3 is 9.47 Å². The van der Waals surface area contributed by atoms with Gasteiger partial charge in [-0.05, 0) is 30.3 Å². The Morgan fingerprint density at radius 3 is 2.43 bits per heavy atom. The highest BCUT2D eigenvalue weighted by Gasteiger charge is 2.28. The van der Waals surface area contributed by atoms with Crippen LogP contribution in [0.4, 0.5) is 28.0 Å². The molecule has 30 heavy (non-hydrogen) atoms. The second-order valence-electron chi connectivity index (χ2n) is 5.80. The molecule has 1 N–H and O–H groups in total. The van der Waals surface area contributed by atoms with Crippen molar-refractivity contribution in [1.82, 2.24) is 10.2 Å². The number of halogens is 5. The third kappa shape index (κ3) is 5.80. The number of hydrogen-bond acceptors (Lipinski definition) is 5. The molecule has 0 aliphatic rings. The van der Waals surface area contributed by atoms with Gasteiger partial charge >= 0.3 is 12.3 Å². The van der Waals surface area contributed by atoms with E-state index in [1.165, 1.54) is 6.07 Å². The molecule has 156 valence electrons. The van der Waals surface area contributed by atoms with Crippen molar-refractivity contribution in [3.63, 3.8) is 0 Å². The Balaban J connectivity index is 1.72. The van der Waals surface area contributed by atoms with Crippen LogP contribution in [0.2, 0.25) is 5.02 Å². The Morgan fingerprint density at radius 1 is 1.07 bits per heavy atom. The molecule has 0 radical (unpaired) electrons. The van der Waals surface area contributed by atoms with Crippen molar-refractivity contribution in [2.24, 2.45) is 0 Å². The number of amides is 1. The lowest BCUT2D eigenvalue weighted by molar-refractivity contribution is -0.154. The number of alkyl halides is 3. The Labute approximate surface area is 172 Å². The number of para-hydroxylation sites is 1. The van der Waals surface area contributed by atoms with Crippen molar-refractivity contribution in [3.05, 3.63) is 65.4 Å². The number of benzene rings is 2. The first-order valence-electron chi connectivity index (χ1n) is 8.28. The van der Waals surface area contributed by atoms with Crippen LogP contribution in [0.1, 0.15) is 0 Å². The molecule has 6 nitrogen and oxygen atoms in total. The number of hydrogen-bond donors (Lipinski definition) is 1. The Kier molecular flexibility index (Phi) is 6.36. The third-order valence-corrected chi connectivity index (χ3v) is 3.86. The molecule has 0 fully saturated rings. The molecule has 1 amide bonds. The average Bonchev–Trinajstić information content (AvgIpc) is 2.69. The molecule has 0 atom stereocenters. The fraction of sp³-hybridized carbons (Fsp3) is 0.105. The molecule has 0 unspecified atom stereocenters. The highest BCUT2D eigenvalue weighted by molar-refractivity contribution is 6.33. The van der Waals surface area contributed by atoms with Gasteiger partial charge in [0.15, 0.2) is 6.61 Å². The SMILES string of the molecule is O=C(Nc1cc(Cl)c(-c2ccc(OCC(F)(F)F)nn2)cc1F)Oc1ccccc1. The zero-order chi connectivity index (χ0) is 21.7. The molecule has 3 rings (SSSR count). The predicted molar refractivity (Wildman–Crippen MR) is 100 cm³/mol. The topological polar surface area (TPSA) is 73.3 Å². The minimum Gasteiger partial charge on any atom is -0.467 e. The summed E-state index contributed by atoms with van der Waals surface area (Å²) in [7, 11) is 0. The number of aromatic nitrogens is 2. The maximum Gasteiger partial charge on any atom is 0.422 e. The van der Waals surface area contributed by atoms with Gasteiger partial charge in [0, 0.05) is 11.6 Å². The van der Waals surface area contributed by atoms with Crippen molar-refractivity contribution in [2.45, 2.75) is 6.18 Å². The van der Waals surface area contributed by atoms with Crippen molar-refractivity contribution in [3.8, 4) is 22.9 Å². The number of rotatable bonds is 5. The number of nitrogens with one attached hydrogen (secondary N) is 1. The summed E-state index contributed by atoms with van der Waals surface area (Å²) in [6, 6.07) is 12.7. The summed E-state index contributed by atoms with van der Waals surface area (Å²) in [5, 5.41) is 9.45. The standard InChI is InChI=1S/C19H12ClF4N3O3/c20-13-9-16(25-18(28)30-11-4-2-1-3-5-11)14(21)8-12(13)15-6-7-17(27-26-15)29-10-19(22,23)24/h1-9H,10H2,(H,25,28). The van der Waals surface area contributed by atoms with Gasteiger partial charge in [0.25, 0.3) is 0 Å². The van der Waals surface area contributed by atoms with Gasteiger partial charge in [0.2, 0.25) is 5.88 Å². The summed E-state index contributed by atoms with van der Waals surface area (Å²) >= 11 is 6.13. The Bertz CT molecular complexity index is 1030. The number of nitrogens with zero attached hydrogens (tertiary/aromatic N) is 2. The van der Waals surface area contributed by atoms with E-state index < -0.39 is 24.7 Å². The summed E-state index contributed by atoms with van der Waals surface area (Å²) in [5.74, 6) is -0.922. The molecule has 0 aliphatic carbocycles. The average molecular weight is 442 g/mol. The quantitative estimate of drug-likeness (QED) is 0.530. The zero-order valence-electron chi connectivity index (χ0n) is 14.9. The minimum absolute atomic E-state index is 0.0182. The molecule has 1 heterocycles. The molecular formula is C19H12ClF4N3O3. The number of anilines is 1. The summed E-state index contributed by atoms with van der Waals surface area (Å²) in [4.78, 5) is 11.9. The highest BCUT2D eigenvalue weighted by atomic mass is 35.5. The molecule has 0 saturated carbocycles. The van der Waals surface area contributed by atoms with Gasteiger partial charge in [-0.15, -0.1) is 10.2 Å². The summed E-state index contributed by atoms with van der Waals surface area (Å²) < 4.78 is 60.4. The maximum atomic E-state index is 14.4. The van der Waals surface area contributed by atoms with Crippen molar-refractivity contribution >= 4 is 23.4 Å². The molecule has 3 aromatic rings. The second-order valence-corrected chi connectivity index (χ2v) is 6.21. The monoisotopic (exact) mass is 441 g/mol. The third-order valence-electron chi connectivity index (χ3n) is 3.55. The van der Waals surface area contributed by atoms with E-state index in [4.69, 9.17) is 16.3 Å². The van der Waals surface area contributed by atoms with E-state index in [9.17, 15) is 22.4 Å². The molecule has 0 aliphatic heterocycles. The first kappa shape index (κ1) is 21.3. The van der Waals surface area contributed by atoms with E-state index in [1.54, 1.807) is 30.3 Å². The molecule has 1 aromatic heterocycles. The minimum atomic E-state index is -4.52. The number of carbonyl (C=O) groups is 1. The maximum absolute atomic E-state index is 14.4. The summed E-state index contributed by atoms with van der Waals surface area (Å²) in [6.07, 6.45) is -5.44. The highest BCUT2D eigenvalue weighted by Crippen LogP contribution is 2.32. The van der Waals surface area contributed by atoms with E-state index in [-0.39, 0.29) is 33.6 Å². The van der Waals surface area contributed by atoms with Gasteiger partial charge in [-0.1, -0.05) is 29.8 Å². The van der Waals surface area contributed by atoms with Gasteiger partial charge in [-0.25, -0.2) is 9.18 Å². The fourth-order valence-corrected chi connectivity index (χ4v) is 2.53. The lowest BCUT2D eigenvalue weighted by Gasteiger charge is -2.11. The first-order valence-corrected chi connectivity index (χ1v) is 8.65. The van der Waals surface area contributed by atoms with Crippen LogP contribution in [0.15, 0.2) is 54.6 Å². The van der Waals surface area contributed by atoms with Crippen LogP contribution in [-0.2, 0) is 0 Å². The van der Waals surface area contributed by atoms with Crippen molar-refractivity contribution in [2.75, 3.05) is 11.9 Å². The molecule has 0 spiro atoms. The molecular weight excluding hydrogens is 430 g/mol. The van der Waals surface area contributed by atoms with E-state index in [0.29, 0.717) is 0 Å². The fourth-order valence-electron chi connectivity index (χ4n) is 2.27.